The highest BCUT2D eigenvalue weighted by atomic mass is 16.6. The molecule has 0 aromatic heterocycles. The first-order chi connectivity index (χ1) is 11.7. The number of methoxy groups -OCH3 is 1. The molecule has 0 spiro atoms. The molecule has 0 aliphatic heterocycles. The Kier molecular flexibility index (Phi) is 7.26. The van der Waals surface area contributed by atoms with E-state index in [1.54, 1.807) is 7.11 Å². The molecule has 0 aliphatic carbocycles. The molecular weight excluding hydrogens is 300 g/mol. The smallest absolute Gasteiger partial charge is 0.340 e. The summed E-state index contributed by atoms with van der Waals surface area (Å²) in [6.07, 6.45) is 4.86. The Hall–Kier alpha value is -1.87. The van der Waals surface area contributed by atoms with Crippen LogP contribution in [0.2, 0.25) is 0 Å². The van der Waals surface area contributed by atoms with Crippen LogP contribution in [0.3, 0.4) is 0 Å². The predicted octanol–water partition coefficient (Wildman–Crippen LogP) is 5.43. The van der Waals surface area contributed by atoms with E-state index in [0.29, 0.717) is 0 Å². The lowest BCUT2D eigenvalue weighted by Crippen LogP contribution is -2.22. The first-order valence-corrected chi connectivity index (χ1v) is 8.88. The summed E-state index contributed by atoms with van der Waals surface area (Å²) < 4.78 is 11.1. The predicted molar refractivity (Wildman–Crippen MR) is 98.0 cm³/mol. The van der Waals surface area contributed by atoms with Gasteiger partial charge in [0, 0.05) is 7.11 Å². The number of unbranched alkanes of at least 4 members (excludes halogenated alkanes) is 3. The first kappa shape index (κ1) is 18.5. The number of carbonyl (C=O) groups excluding carboxylic acids is 1. The van der Waals surface area contributed by atoms with Crippen molar-refractivity contribution in [3.63, 3.8) is 0 Å². The number of carbonyl (C=O) groups is 1. The maximum Gasteiger partial charge on any atom is 0.340 e. The summed E-state index contributed by atoms with van der Waals surface area (Å²) >= 11 is 0. The van der Waals surface area contributed by atoms with E-state index in [-0.39, 0.29) is 12.1 Å². The van der Waals surface area contributed by atoms with Crippen LogP contribution >= 0.6 is 0 Å². The van der Waals surface area contributed by atoms with Crippen molar-refractivity contribution in [2.75, 3.05) is 7.11 Å². The third-order valence-corrected chi connectivity index (χ3v) is 4.34. The zero-order chi connectivity index (χ0) is 17.4. The van der Waals surface area contributed by atoms with E-state index in [0.717, 1.165) is 29.2 Å². The fourth-order valence-corrected chi connectivity index (χ4v) is 3.01. The number of ether oxygens (including phenoxy) is 2. The first-order valence-electron chi connectivity index (χ1n) is 8.88. The van der Waals surface area contributed by atoms with Gasteiger partial charge in [0.15, 0.2) is 6.10 Å². The molecule has 24 heavy (non-hydrogen) atoms. The van der Waals surface area contributed by atoms with E-state index < -0.39 is 6.10 Å². The van der Waals surface area contributed by atoms with Crippen LogP contribution in [0.25, 0.3) is 10.8 Å². The van der Waals surface area contributed by atoms with E-state index in [1.165, 1.54) is 19.3 Å². The second kappa shape index (κ2) is 9.43. The molecule has 0 bridgehead atoms. The van der Waals surface area contributed by atoms with E-state index in [1.807, 2.05) is 49.4 Å². The molecule has 130 valence electrons. The number of fused-ring (bicyclic) bond motifs is 1. The van der Waals surface area contributed by atoms with Gasteiger partial charge in [-0.1, -0.05) is 68.7 Å². The van der Waals surface area contributed by atoms with Gasteiger partial charge in [-0.25, -0.2) is 4.79 Å². The van der Waals surface area contributed by atoms with Gasteiger partial charge in [0.25, 0.3) is 0 Å². The molecule has 0 aliphatic rings. The Morgan fingerprint density at radius 3 is 2.54 bits per heavy atom. The Morgan fingerprint density at radius 2 is 1.79 bits per heavy atom. The summed E-state index contributed by atoms with van der Waals surface area (Å²) in [5, 5.41) is 2.12. The zero-order valence-electron chi connectivity index (χ0n) is 15.0. The van der Waals surface area contributed by atoms with E-state index in [2.05, 4.69) is 6.92 Å². The quantitative estimate of drug-likeness (QED) is 0.455. The van der Waals surface area contributed by atoms with Crippen molar-refractivity contribution in [3.8, 4) is 0 Å². The van der Waals surface area contributed by atoms with Crippen molar-refractivity contribution in [2.45, 2.75) is 58.2 Å². The molecule has 2 atom stereocenters. The molecule has 0 saturated carbocycles. The van der Waals surface area contributed by atoms with Gasteiger partial charge in [0.2, 0.25) is 0 Å². The molecule has 3 heteroatoms. The summed E-state index contributed by atoms with van der Waals surface area (Å²) in [5.74, 6) is -0.308. The molecular formula is C21H28O3. The average Bonchev–Trinajstić information content (AvgIpc) is 2.59. The monoisotopic (exact) mass is 328 g/mol. The van der Waals surface area contributed by atoms with Crippen molar-refractivity contribution in [2.24, 2.45) is 0 Å². The van der Waals surface area contributed by atoms with Crippen molar-refractivity contribution in [1.82, 2.24) is 0 Å². The molecule has 0 N–H and O–H groups in total. The molecule has 3 nitrogen and oxygen atoms in total. The van der Waals surface area contributed by atoms with Gasteiger partial charge < -0.3 is 9.47 Å². The fourth-order valence-electron chi connectivity index (χ4n) is 3.01. The Balaban J connectivity index is 2.05. The minimum absolute atomic E-state index is 0.0815. The largest absolute Gasteiger partial charge is 0.460 e. The molecule has 0 fully saturated rings. The summed E-state index contributed by atoms with van der Waals surface area (Å²) in [6, 6.07) is 13.9. The standard InChI is InChI=1S/C21H28O3/c1-4-5-6-7-11-16(2)24-21(22)20(23-3)19-15-10-13-17-12-8-9-14-18(17)19/h8-10,12-16,20H,4-7,11H2,1-3H3/t16-,20+/m1/s1. The van der Waals surface area contributed by atoms with Crippen LogP contribution in [-0.4, -0.2) is 19.2 Å². The Morgan fingerprint density at radius 1 is 1.04 bits per heavy atom. The summed E-state index contributed by atoms with van der Waals surface area (Å²) in [5.41, 5.74) is 0.860. The molecule has 0 saturated heterocycles. The highest BCUT2D eigenvalue weighted by Crippen LogP contribution is 2.27. The molecule has 0 radical (unpaired) electrons. The van der Waals surface area contributed by atoms with Crippen LogP contribution in [0.4, 0.5) is 0 Å². The normalized spacial score (nSPS) is 13.6. The SMILES string of the molecule is CCCCCC[C@@H](C)OC(=O)[C@@H](OC)c1cccc2ccccc12. The Labute approximate surface area is 145 Å². The van der Waals surface area contributed by atoms with Gasteiger partial charge in [-0.15, -0.1) is 0 Å². The Bertz CT molecular complexity index is 645. The third kappa shape index (κ3) is 4.81. The maximum absolute atomic E-state index is 12.6. The number of hydrogen-bond acceptors (Lipinski definition) is 3. The van der Waals surface area contributed by atoms with Crippen molar-refractivity contribution >= 4 is 16.7 Å². The van der Waals surface area contributed by atoms with Gasteiger partial charge in [0.1, 0.15) is 0 Å². The van der Waals surface area contributed by atoms with Gasteiger partial charge >= 0.3 is 5.97 Å². The van der Waals surface area contributed by atoms with Gasteiger partial charge in [-0.2, -0.15) is 0 Å². The molecule has 0 amide bonds. The van der Waals surface area contributed by atoms with Gasteiger partial charge in [-0.05, 0) is 36.1 Å². The van der Waals surface area contributed by atoms with Crippen LogP contribution < -0.4 is 0 Å². The number of benzene rings is 2. The summed E-state index contributed by atoms with van der Waals surface area (Å²) in [7, 11) is 1.56. The number of rotatable bonds is 9. The molecule has 2 aromatic carbocycles. The summed E-state index contributed by atoms with van der Waals surface area (Å²) in [4.78, 5) is 12.6. The zero-order valence-corrected chi connectivity index (χ0v) is 15.0. The van der Waals surface area contributed by atoms with Crippen LogP contribution in [0.5, 0.6) is 0 Å². The highest BCUT2D eigenvalue weighted by molar-refractivity contribution is 5.90. The molecule has 2 aromatic rings. The van der Waals surface area contributed by atoms with Gasteiger partial charge in [0.05, 0.1) is 6.10 Å². The summed E-state index contributed by atoms with van der Waals surface area (Å²) in [6.45, 7) is 4.15. The molecule has 0 heterocycles. The topological polar surface area (TPSA) is 35.5 Å². The van der Waals surface area contributed by atoms with Crippen molar-refractivity contribution in [1.29, 1.82) is 0 Å². The lowest BCUT2D eigenvalue weighted by Gasteiger charge is -2.20. The lowest BCUT2D eigenvalue weighted by atomic mass is 10.0. The molecule has 2 rings (SSSR count). The second-order valence-electron chi connectivity index (χ2n) is 6.28. The van der Waals surface area contributed by atoms with E-state index in [9.17, 15) is 4.79 Å². The van der Waals surface area contributed by atoms with Crippen molar-refractivity contribution < 1.29 is 14.3 Å². The third-order valence-electron chi connectivity index (χ3n) is 4.34. The van der Waals surface area contributed by atoms with Gasteiger partial charge in [-0.3, -0.25) is 0 Å². The fraction of sp³-hybridized carbons (Fsp3) is 0.476. The maximum atomic E-state index is 12.6. The van der Waals surface area contributed by atoms with Crippen LogP contribution in [0.1, 0.15) is 57.6 Å². The van der Waals surface area contributed by atoms with Crippen LogP contribution in [-0.2, 0) is 14.3 Å². The highest BCUT2D eigenvalue weighted by Gasteiger charge is 2.25. The van der Waals surface area contributed by atoms with Crippen molar-refractivity contribution in [3.05, 3.63) is 48.0 Å². The van der Waals surface area contributed by atoms with Crippen LogP contribution in [0, 0.1) is 0 Å². The van der Waals surface area contributed by atoms with Crippen LogP contribution in [0.15, 0.2) is 42.5 Å². The second-order valence-corrected chi connectivity index (χ2v) is 6.28. The van der Waals surface area contributed by atoms with E-state index in [4.69, 9.17) is 9.47 Å². The number of hydrogen-bond donors (Lipinski definition) is 0. The minimum atomic E-state index is -0.686. The molecule has 0 unspecified atom stereocenters. The average molecular weight is 328 g/mol. The lowest BCUT2D eigenvalue weighted by molar-refractivity contribution is -0.160. The number of esters is 1. The minimum Gasteiger partial charge on any atom is -0.460 e. The van der Waals surface area contributed by atoms with E-state index >= 15 is 0 Å².